The zero-order valence-corrected chi connectivity index (χ0v) is 11.7. The fraction of sp³-hybridized carbons (Fsp3) is 0.0625. The van der Waals surface area contributed by atoms with Crippen LogP contribution in [0.15, 0.2) is 53.3 Å². The average Bonchev–Trinajstić information content (AvgIpc) is 2.55. The Labute approximate surface area is 126 Å². The summed E-state index contributed by atoms with van der Waals surface area (Å²) < 4.78 is 0. The zero-order chi connectivity index (χ0) is 15.5. The molecule has 0 radical (unpaired) electrons. The molecule has 0 aliphatic rings. The van der Waals surface area contributed by atoms with E-state index in [1.165, 1.54) is 0 Å². The van der Waals surface area contributed by atoms with Crippen molar-refractivity contribution in [3.63, 3.8) is 0 Å². The second-order valence-electron chi connectivity index (χ2n) is 4.78. The average molecular weight is 294 g/mol. The van der Waals surface area contributed by atoms with Crippen molar-refractivity contribution in [3.05, 3.63) is 58.9 Å². The number of nitrogens with one attached hydrogen (secondary N) is 2. The number of amides is 1. The molecule has 1 heterocycles. The topological polar surface area (TPSA) is 101 Å². The van der Waals surface area contributed by atoms with E-state index in [9.17, 15) is 9.59 Å². The van der Waals surface area contributed by atoms with Crippen LogP contribution in [0, 0.1) is 0 Å². The minimum Gasteiger partial charge on any atom is -0.325 e. The molecule has 6 heteroatoms. The van der Waals surface area contributed by atoms with E-state index in [-0.39, 0.29) is 18.0 Å². The number of hydrogen-bond donors (Lipinski definition) is 3. The van der Waals surface area contributed by atoms with Gasteiger partial charge in [0.2, 0.25) is 5.91 Å². The van der Waals surface area contributed by atoms with Gasteiger partial charge in [0, 0.05) is 16.6 Å². The lowest BCUT2D eigenvalue weighted by Gasteiger charge is -2.08. The normalized spacial score (nSPS) is 10.6. The second kappa shape index (κ2) is 5.79. The second-order valence-corrected chi connectivity index (χ2v) is 4.78. The first-order valence-corrected chi connectivity index (χ1v) is 6.77. The van der Waals surface area contributed by atoms with Crippen molar-refractivity contribution in [2.45, 2.75) is 0 Å². The van der Waals surface area contributed by atoms with Gasteiger partial charge in [-0.1, -0.05) is 30.3 Å². The maximum atomic E-state index is 11.8. The summed E-state index contributed by atoms with van der Waals surface area (Å²) in [6, 6.07) is 14.5. The van der Waals surface area contributed by atoms with E-state index < -0.39 is 0 Å². The van der Waals surface area contributed by atoms with E-state index >= 15 is 0 Å². The van der Waals surface area contributed by atoms with Crippen LogP contribution in [0.2, 0.25) is 0 Å². The highest BCUT2D eigenvalue weighted by Crippen LogP contribution is 2.26. The zero-order valence-electron chi connectivity index (χ0n) is 11.7. The number of hydrogen-bond acceptors (Lipinski definition) is 4. The van der Waals surface area contributed by atoms with E-state index in [4.69, 9.17) is 5.73 Å². The minimum absolute atomic E-state index is 0.0793. The van der Waals surface area contributed by atoms with Crippen LogP contribution in [0.25, 0.3) is 22.0 Å². The summed E-state index contributed by atoms with van der Waals surface area (Å²) in [6.07, 6.45) is 0. The van der Waals surface area contributed by atoms with Gasteiger partial charge in [0.1, 0.15) is 0 Å². The first-order valence-electron chi connectivity index (χ1n) is 6.77. The summed E-state index contributed by atoms with van der Waals surface area (Å²) in [5.74, 6) is -0.267. The van der Waals surface area contributed by atoms with E-state index in [0.29, 0.717) is 16.8 Å². The van der Waals surface area contributed by atoms with Gasteiger partial charge in [-0.05, 0) is 18.2 Å². The number of aromatic amines is 1. The molecule has 0 saturated heterocycles. The number of nitrogens with two attached hydrogens (primary N) is 1. The van der Waals surface area contributed by atoms with Crippen molar-refractivity contribution >= 4 is 22.4 Å². The molecule has 0 fully saturated rings. The lowest BCUT2D eigenvalue weighted by molar-refractivity contribution is -0.114. The van der Waals surface area contributed by atoms with Gasteiger partial charge in [-0.15, -0.1) is 0 Å². The molecule has 0 bridgehead atoms. The third kappa shape index (κ3) is 2.59. The van der Waals surface area contributed by atoms with E-state index in [1.54, 1.807) is 24.3 Å². The Morgan fingerprint density at radius 1 is 1.14 bits per heavy atom. The van der Waals surface area contributed by atoms with Crippen molar-refractivity contribution in [2.75, 3.05) is 11.9 Å². The van der Waals surface area contributed by atoms with Gasteiger partial charge in [0.15, 0.2) is 0 Å². The Kier molecular flexibility index (Phi) is 3.67. The molecule has 1 amide bonds. The fourth-order valence-corrected chi connectivity index (χ4v) is 2.29. The van der Waals surface area contributed by atoms with Crippen LogP contribution in [0.1, 0.15) is 0 Å². The summed E-state index contributed by atoms with van der Waals surface area (Å²) in [4.78, 5) is 23.2. The molecule has 6 nitrogen and oxygen atoms in total. The Hall–Kier alpha value is -2.99. The Morgan fingerprint density at radius 3 is 2.68 bits per heavy atom. The summed E-state index contributed by atoms with van der Waals surface area (Å²) in [6.45, 7) is -0.0793. The number of carbonyl (C=O) groups is 1. The Bertz CT molecular complexity index is 902. The van der Waals surface area contributed by atoms with Crippen LogP contribution in [0.3, 0.4) is 0 Å². The number of nitrogens with zero attached hydrogens (tertiary/aromatic N) is 1. The first-order chi connectivity index (χ1) is 10.7. The summed E-state index contributed by atoms with van der Waals surface area (Å²) >= 11 is 0. The molecule has 0 unspecified atom stereocenters. The molecule has 1 aromatic heterocycles. The van der Waals surface area contributed by atoms with Crippen molar-refractivity contribution in [1.82, 2.24) is 10.2 Å². The van der Waals surface area contributed by atoms with Crippen LogP contribution in [0.5, 0.6) is 0 Å². The number of carbonyl (C=O) groups excluding carboxylic acids is 1. The third-order valence-corrected chi connectivity index (χ3v) is 3.30. The van der Waals surface area contributed by atoms with E-state index in [1.807, 2.05) is 24.3 Å². The highest BCUT2D eigenvalue weighted by molar-refractivity contribution is 5.96. The predicted molar refractivity (Wildman–Crippen MR) is 85.5 cm³/mol. The molecular formula is C16H14N4O2. The van der Waals surface area contributed by atoms with Crippen LogP contribution in [0.4, 0.5) is 5.69 Å². The monoisotopic (exact) mass is 294 g/mol. The molecule has 2 aromatic carbocycles. The largest absolute Gasteiger partial charge is 0.325 e. The number of benzene rings is 2. The smallest absolute Gasteiger partial charge is 0.272 e. The van der Waals surface area contributed by atoms with E-state index in [0.717, 1.165) is 10.9 Å². The van der Waals surface area contributed by atoms with Gasteiger partial charge in [-0.25, -0.2) is 5.10 Å². The van der Waals surface area contributed by atoms with Crippen molar-refractivity contribution in [3.8, 4) is 11.3 Å². The summed E-state index contributed by atoms with van der Waals surface area (Å²) in [5, 5.41) is 10.7. The summed E-state index contributed by atoms with van der Waals surface area (Å²) in [5.41, 5.74) is 7.14. The Morgan fingerprint density at radius 2 is 1.91 bits per heavy atom. The van der Waals surface area contributed by atoms with Gasteiger partial charge >= 0.3 is 0 Å². The highest BCUT2D eigenvalue weighted by atomic mass is 16.1. The number of anilines is 1. The predicted octanol–water partition coefficient (Wildman–Crippen LogP) is 1.49. The molecule has 0 aliphatic heterocycles. The molecule has 22 heavy (non-hydrogen) atoms. The SMILES string of the molecule is NCC(=O)Nc1cccc(-c2n[nH]c(=O)c3ccccc23)c1. The molecule has 3 aromatic rings. The number of fused-ring (bicyclic) bond motifs is 1. The van der Waals surface area contributed by atoms with Gasteiger partial charge in [0.25, 0.3) is 5.56 Å². The first kappa shape index (κ1) is 14.0. The molecule has 110 valence electrons. The Balaban J connectivity index is 2.12. The number of rotatable bonds is 3. The molecule has 0 aliphatic carbocycles. The van der Waals surface area contributed by atoms with Gasteiger partial charge in [-0.3, -0.25) is 9.59 Å². The standard InChI is InChI=1S/C16H14N4O2/c17-9-14(21)18-11-5-3-4-10(8-11)15-12-6-1-2-7-13(12)16(22)20-19-15/h1-8H,9,17H2,(H,18,21)(H,20,22). The number of aromatic nitrogens is 2. The maximum Gasteiger partial charge on any atom is 0.272 e. The number of H-pyrrole nitrogens is 1. The summed E-state index contributed by atoms with van der Waals surface area (Å²) in [7, 11) is 0. The minimum atomic E-state index is -0.267. The van der Waals surface area contributed by atoms with Gasteiger partial charge < -0.3 is 11.1 Å². The van der Waals surface area contributed by atoms with Crippen LogP contribution in [-0.2, 0) is 4.79 Å². The van der Waals surface area contributed by atoms with Crippen LogP contribution >= 0.6 is 0 Å². The fourth-order valence-electron chi connectivity index (χ4n) is 2.29. The van der Waals surface area contributed by atoms with Crippen LogP contribution in [-0.4, -0.2) is 22.6 Å². The molecule has 0 spiro atoms. The van der Waals surface area contributed by atoms with Gasteiger partial charge in [-0.2, -0.15) is 5.10 Å². The molecule has 0 atom stereocenters. The van der Waals surface area contributed by atoms with Crippen molar-refractivity contribution < 1.29 is 4.79 Å². The molecule has 4 N–H and O–H groups in total. The lowest BCUT2D eigenvalue weighted by atomic mass is 10.0. The quantitative estimate of drug-likeness (QED) is 0.681. The molecule has 0 saturated carbocycles. The van der Waals surface area contributed by atoms with Crippen molar-refractivity contribution in [1.29, 1.82) is 0 Å². The molecule has 3 rings (SSSR count). The van der Waals surface area contributed by atoms with E-state index in [2.05, 4.69) is 15.5 Å². The maximum absolute atomic E-state index is 11.8. The highest BCUT2D eigenvalue weighted by Gasteiger charge is 2.09. The lowest BCUT2D eigenvalue weighted by Crippen LogP contribution is -2.21. The third-order valence-electron chi connectivity index (χ3n) is 3.30. The van der Waals surface area contributed by atoms with Crippen molar-refractivity contribution in [2.24, 2.45) is 5.73 Å². The molecular weight excluding hydrogens is 280 g/mol. The van der Waals surface area contributed by atoms with Gasteiger partial charge in [0.05, 0.1) is 17.6 Å². The van der Waals surface area contributed by atoms with Crippen LogP contribution < -0.4 is 16.6 Å².